The molecule has 0 N–H and O–H groups in total. The molecule has 0 saturated carbocycles. The lowest BCUT2D eigenvalue weighted by Crippen LogP contribution is -2.13. The highest BCUT2D eigenvalue weighted by Crippen LogP contribution is 2.22. The van der Waals surface area contributed by atoms with Crippen LogP contribution in [0.5, 0.6) is 5.75 Å². The predicted molar refractivity (Wildman–Crippen MR) is 70.0 cm³/mol. The molecule has 1 aromatic rings. The van der Waals surface area contributed by atoms with E-state index in [-0.39, 0.29) is 5.41 Å². The molecule has 0 radical (unpaired) electrons. The van der Waals surface area contributed by atoms with Gasteiger partial charge in [0.25, 0.3) is 0 Å². The number of nitrogens with zero attached hydrogens (tertiary/aromatic N) is 1. The van der Waals surface area contributed by atoms with Crippen LogP contribution in [0.2, 0.25) is 0 Å². The summed E-state index contributed by atoms with van der Waals surface area (Å²) in [7, 11) is 0. The van der Waals surface area contributed by atoms with Crippen LogP contribution in [0, 0.1) is 16.7 Å². The van der Waals surface area contributed by atoms with E-state index in [1.54, 1.807) is 0 Å². The van der Waals surface area contributed by atoms with Crippen LogP contribution < -0.4 is 4.74 Å². The monoisotopic (exact) mass is 231 g/mol. The fourth-order valence-corrected chi connectivity index (χ4v) is 1.44. The van der Waals surface area contributed by atoms with E-state index in [9.17, 15) is 0 Å². The van der Waals surface area contributed by atoms with Crippen molar-refractivity contribution in [2.24, 2.45) is 5.41 Å². The number of ether oxygens (including phenoxy) is 1. The van der Waals surface area contributed by atoms with Crippen LogP contribution in [0.3, 0.4) is 0 Å². The van der Waals surface area contributed by atoms with E-state index < -0.39 is 0 Å². The van der Waals surface area contributed by atoms with Crippen LogP contribution in [-0.2, 0) is 0 Å². The molecule has 1 aromatic carbocycles. The summed E-state index contributed by atoms with van der Waals surface area (Å²) in [5, 5.41) is 8.90. The lowest BCUT2D eigenvalue weighted by atomic mass is 9.92. The highest BCUT2D eigenvalue weighted by molar-refractivity contribution is 5.30. The molecule has 0 bridgehead atoms. The van der Waals surface area contributed by atoms with Crippen molar-refractivity contribution in [2.75, 3.05) is 6.61 Å². The van der Waals surface area contributed by atoms with Crippen LogP contribution in [0.1, 0.15) is 45.6 Å². The van der Waals surface area contributed by atoms with Gasteiger partial charge in [0, 0.05) is 0 Å². The summed E-state index contributed by atoms with van der Waals surface area (Å²) in [4.78, 5) is 0. The minimum absolute atomic E-state index is 0.310. The van der Waals surface area contributed by atoms with Crippen LogP contribution in [0.4, 0.5) is 0 Å². The zero-order valence-electron chi connectivity index (χ0n) is 11.2. The Balaban J connectivity index is 2.53. The number of hydrogen-bond donors (Lipinski definition) is 0. The van der Waals surface area contributed by atoms with Crippen LogP contribution in [0.25, 0.3) is 0 Å². The molecule has 0 fully saturated rings. The number of nitriles is 1. The van der Waals surface area contributed by atoms with E-state index in [1.165, 1.54) is 5.56 Å². The van der Waals surface area contributed by atoms with E-state index in [0.29, 0.717) is 12.5 Å². The molecule has 92 valence electrons. The second-order valence-electron chi connectivity index (χ2n) is 5.32. The molecule has 1 rings (SSSR count). The van der Waals surface area contributed by atoms with E-state index in [4.69, 9.17) is 10.00 Å². The highest BCUT2D eigenvalue weighted by atomic mass is 16.5. The van der Waals surface area contributed by atoms with Gasteiger partial charge in [0.15, 0.2) is 0 Å². The van der Waals surface area contributed by atoms with Gasteiger partial charge in [0.2, 0.25) is 0 Å². The van der Waals surface area contributed by atoms with Gasteiger partial charge in [-0.1, -0.05) is 26.0 Å². The molecule has 0 aliphatic rings. The van der Waals surface area contributed by atoms with Crippen molar-refractivity contribution in [1.29, 1.82) is 5.26 Å². The summed E-state index contributed by atoms with van der Waals surface area (Å²) in [6, 6.07) is 10.4. The Labute approximate surface area is 104 Å². The maximum Gasteiger partial charge on any atom is 0.119 e. The summed E-state index contributed by atoms with van der Waals surface area (Å²) < 4.78 is 5.68. The maximum atomic E-state index is 8.90. The molecule has 0 aromatic heterocycles. The second-order valence-corrected chi connectivity index (χ2v) is 5.32. The third-order valence-electron chi connectivity index (χ3n) is 2.82. The standard InChI is InChI=1S/C15H21NO/c1-12(2)13-6-5-7-14(10-13)17-9-8-15(3,4)11-16/h5-7,10,12H,8-9H2,1-4H3. The molecule has 2 nitrogen and oxygen atoms in total. The van der Waals surface area contributed by atoms with Gasteiger partial charge in [-0.3, -0.25) is 0 Å². The molecule has 2 heteroatoms. The van der Waals surface area contributed by atoms with Crippen LogP contribution in [-0.4, -0.2) is 6.61 Å². The van der Waals surface area contributed by atoms with Gasteiger partial charge < -0.3 is 4.74 Å². The largest absolute Gasteiger partial charge is 0.494 e. The SMILES string of the molecule is CC(C)c1cccc(OCCC(C)(C)C#N)c1. The van der Waals surface area contributed by atoms with E-state index in [2.05, 4.69) is 32.0 Å². The first kappa shape index (κ1) is 13.6. The van der Waals surface area contributed by atoms with E-state index >= 15 is 0 Å². The van der Waals surface area contributed by atoms with Gasteiger partial charge in [-0.05, 0) is 43.9 Å². The lowest BCUT2D eigenvalue weighted by Gasteiger charge is -2.16. The summed E-state index contributed by atoms with van der Waals surface area (Å²) in [5.74, 6) is 1.40. The summed E-state index contributed by atoms with van der Waals surface area (Å²) in [6.45, 7) is 8.78. The molecular formula is C15H21NO. The molecule has 0 saturated heterocycles. The topological polar surface area (TPSA) is 33.0 Å². The van der Waals surface area contributed by atoms with E-state index in [1.807, 2.05) is 26.0 Å². The first-order valence-corrected chi connectivity index (χ1v) is 6.08. The fraction of sp³-hybridized carbons (Fsp3) is 0.533. The Bertz CT molecular complexity index is 402. The molecule has 0 unspecified atom stereocenters. The third-order valence-corrected chi connectivity index (χ3v) is 2.82. The molecule has 0 amide bonds. The maximum absolute atomic E-state index is 8.90. The molecule has 0 atom stereocenters. The lowest BCUT2D eigenvalue weighted by molar-refractivity contribution is 0.264. The predicted octanol–water partition coefficient (Wildman–Crippen LogP) is 4.13. The summed E-state index contributed by atoms with van der Waals surface area (Å²) in [5.41, 5.74) is 0.970. The van der Waals surface area contributed by atoms with Gasteiger partial charge in [-0.15, -0.1) is 0 Å². The molecule has 0 heterocycles. The Hall–Kier alpha value is -1.49. The Morgan fingerprint density at radius 3 is 2.65 bits per heavy atom. The first-order valence-electron chi connectivity index (χ1n) is 6.08. The van der Waals surface area contributed by atoms with Gasteiger partial charge in [0.05, 0.1) is 18.1 Å². The Morgan fingerprint density at radius 2 is 2.06 bits per heavy atom. The van der Waals surface area contributed by atoms with Crippen LogP contribution >= 0.6 is 0 Å². The van der Waals surface area contributed by atoms with Crippen molar-refractivity contribution in [3.8, 4) is 11.8 Å². The number of benzene rings is 1. The zero-order chi connectivity index (χ0) is 12.9. The number of hydrogen-bond acceptors (Lipinski definition) is 2. The smallest absolute Gasteiger partial charge is 0.119 e. The Kier molecular flexibility index (Phi) is 4.57. The summed E-state index contributed by atoms with van der Waals surface area (Å²) in [6.07, 6.45) is 0.745. The molecule has 0 aliphatic heterocycles. The summed E-state index contributed by atoms with van der Waals surface area (Å²) >= 11 is 0. The van der Waals surface area contributed by atoms with Crippen molar-refractivity contribution >= 4 is 0 Å². The molecular weight excluding hydrogens is 210 g/mol. The van der Waals surface area contributed by atoms with Gasteiger partial charge in [-0.2, -0.15) is 5.26 Å². The quantitative estimate of drug-likeness (QED) is 0.763. The van der Waals surface area contributed by atoms with Gasteiger partial charge in [-0.25, -0.2) is 0 Å². The minimum Gasteiger partial charge on any atom is -0.494 e. The van der Waals surface area contributed by atoms with Crippen molar-refractivity contribution in [2.45, 2.75) is 40.0 Å². The van der Waals surface area contributed by atoms with Crippen molar-refractivity contribution in [1.82, 2.24) is 0 Å². The first-order chi connectivity index (χ1) is 7.94. The van der Waals surface area contributed by atoms with Crippen LogP contribution in [0.15, 0.2) is 24.3 Å². The third kappa shape index (κ3) is 4.48. The van der Waals surface area contributed by atoms with Crippen molar-refractivity contribution in [3.05, 3.63) is 29.8 Å². The highest BCUT2D eigenvalue weighted by Gasteiger charge is 2.16. The normalized spacial score (nSPS) is 11.3. The van der Waals surface area contributed by atoms with Gasteiger partial charge >= 0.3 is 0 Å². The second kappa shape index (κ2) is 5.72. The molecule has 0 aliphatic carbocycles. The van der Waals surface area contributed by atoms with E-state index in [0.717, 1.165) is 12.2 Å². The minimum atomic E-state index is -0.310. The van der Waals surface area contributed by atoms with Crippen molar-refractivity contribution in [3.63, 3.8) is 0 Å². The average molecular weight is 231 g/mol. The zero-order valence-corrected chi connectivity index (χ0v) is 11.2. The molecule has 17 heavy (non-hydrogen) atoms. The fourth-order valence-electron chi connectivity index (χ4n) is 1.44. The van der Waals surface area contributed by atoms with Crippen molar-refractivity contribution < 1.29 is 4.74 Å². The number of rotatable bonds is 5. The molecule has 0 spiro atoms. The Morgan fingerprint density at radius 1 is 1.35 bits per heavy atom. The van der Waals surface area contributed by atoms with Gasteiger partial charge in [0.1, 0.15) is 5.75 Å². The average Bonchev–Trinajstić information content (AvgIpc) is 2.29.